The highest BCUT2D eigenvalue weighted by molar-refractivity contribution is 7.99. The van der Waals surface area contributed by atoms with Gasteiger partial charge in [-0.2, -0.15) is 11.8 Å². The Balaban J connectivity index is 2.09. The Morgan fingerprint density at radius 2 is 2.38 bits per heavy atom. The largest absolute Gasteiger partial charge is 0.329 e. The molecule has 0 aliphatic carbocycles. The number of rotatable bonds is 3. The van der Waals surface area contributed by atoms with E-state index in [0.29, 0.717) is 6.54 Å². The first kappa shape index (κ1) is 11.8. The first-order valence-electron chi connectivity index (χ1n) is 5.69. The van der Waals surface area contributed by atoms with E-state index >= 15 is 0 Å². The van der Waals surface area contributed by atoms with Crippen LogP contribution in [0.1, 0.15) is 18.2 Å². The topological polar surface area (TPSA) is 55.0 Å². The molecule has 0 amide bonds. The van der Waals surface area contributed by atoms with Gasteiger partial charge in [0.05, 0.1) is 11.7 Å². The minimum atomic E-state index is 0.252. The fourth-order valence-electron chi connectivity index (χ4n) is 2.03. The Hall–Kier alpha value is -0.650. The third-order valence-corrected chi connectivity index (χ3v) is 3.92. The Labute approximate surface area is 101 Å². The minimum absolute atomic E-state index is 0.252. The van der Waals surface area contributed by atoms with Crippen LogP contribution in [-0.4, -0.2) is 46.0 Å². The molecular formula is C11H18N4S. The van der Waals surface area contributed by atoms with Crippen molar-refractivity contribution in [2.45, 2.75) is 12.5 Å². The van der Waals surface area contributed by atoms with E-state index in [9.17, 15) is 0 Å². The summed E-state index contributed by atoms with van der Waals surface area (Å²) >= 11 is 2.03. The van der Waals surface area contributed by atoms with Crippen LogP contribution in [-0.2, 0) is 0 Å². The summed E-state index contributed by atoms with van der Waals surface area (Å²) in [6, 6.07) is 2.22. The van der Waals surface area contributed by atoms with Gasteiger partial charge in [-0.05, 0) is 24.8 Å². The van der Waals surface area contributed by atoms with Crippen LogP contribution in [0.2, 0.25) is 0 Å². The van der Waals surface area contributed by atoms with Gasteiger partial charge in [-0.15, -0.1) is 0 Å². The Bertz CT molecular complexity index is 298. The summed E-state index contributed by atoms with van der Waals surface area (Å²) in [4.78, 5) is 10.7. The van der Waals surface area contributed by atoms with Gasteiger partial charge in [0.1, 0.15) is 6.33 Å². The lowest BCUT2D eigenvalue weighted by atomic mass is 10.1. The lowest BCUT2D eigenvalue weighted by Gasteiger charge is -2.28. The molecule has 1 fully saturated rings. The Morgan fingerprint density at radius 1 is 1.44 bits per heavy atom. The van der Waals surface area contributed by atoms with E-state index in [4.69, 9.17) is 5.73 Å². The molecule has 1 aromatic heterocycles. The van der Waals surface area contributed by atoms with Crippen LogP contribution < -0.4 is 5.73 Å². The predicted molar refractivity (Wildman–Crippen MR) is 67.3 cm³/mol. The number of hydrogen-bond acceptors (Lipinski definition) is 5. The molecule has 5 heteroatoms. The van der Waals surface area contributed by atoms with Gasteiger partial charge in [0.15, 0.2) is 0 Å². The van der Waals surface area contributed by atoms with Gasteiger partial charge in [0.25, 0.3) is 0 Å². The van der Waals surface area contributed by atoms with Gasteiger partial charge in [-0.25, -0.2) is 9.97 Å². The predicted octanol–water partition coefficient (Wildman–Crippen LogP) is 0.915. The monoisotopic (exact) mass is 238 g/mol. The maximum Gasteiger partial charge on any atom is 0.115 e. The molecule has 1 atom stereocenters. The van der Waals surface area contributed by atoms with Crippen molar-refractivity contribution in [2.24, 2.45) is 5.73 Å². The van der Waals surface area contributed by atoms with Crippen LogP contribution >= 0.6 is 11.8 Å². The molecule has 1 aliphatic heterocycles. The lowest BCUT2D eigenvalue weighted by molar-refractivity contribution is 0.214. The number of thioether (sulfide) groups is 1. The standard InChI is InChI=1S/C11H18N4S/c12-8-11(10-2-3-13-9-14-10)15-4-1-6-16-7-5-15/h2-3,9,11H,1,4-8,12H2. The van der Waals surface area contributed by atoms with Gasteiger partial charge in [0.2, 0.25) is 0 Å². The third kappa shape index (κ3) is 2.93. The van der Waals surface area contributed by atoms with Crippen molar-refractivity contribution in [1.29, 1.82) is 0 Å². The summed E-state index contributed by atoms with van der Waals surface area (Å²) in [5.74, 6) is 2.46. The van der Waals surface area contributed by atoms with Gasteiger partial charge < -0.3 is 5.73 Å². The van der Waals surface area contributed by atoms with E-state index in [-0.39, 0.29) is 6.04 Å². The normalized spacial score (nSPS) is 20.3. The summed E-state index contributed by atoms with van der Waals surface area (Å²) in [6.45, 7) is 2.86. The zero-order valence-electron chi connectivity index (χ0n) is 9.38. The Kier molecular flexibility index (Phi) is 4.56. The second-order valence-electron chi connectivity index (χ2n) is 3.89. The summed E-state index contributed by atoms with van der Waals surface area (Å²) in [5, 5.41) is 0. The number of aromatic nitrogens is 2. The molecule has 1 aromatic rings. The highest BCUT2D eigenvalue weighted by Crippen LogP contribution is 2.20. The summed E-state index contributed by atoms with van der Waals surface area (Å²) < 4.78 is 0. The number of nitrogens with two attached hydrogens (primary N) is 1. The number of nitrogens with zero attached hydrogens (tertiary/aromatic N) is 3. The van der Waals surface area contributed by atoms with E-state index in [1.54, 1.807) is 12.5 Å². The molecular weight excluding hydrogens is 220 g/mol. The molecule has 0 radical (unpaired) electrons. The average molecular weight is 238 g/mol. The zero-order chi connectivity index (χ0) is 11.2. The van der Waals surface area contributed by atoms with Gasteiger partial charge in [-0.3, -0.25) is 4.90 Å². The van der Waals surface area contributed by atoms with Crippen LogP contribution in [0.25, 0.3) is 0 Å². The van der Waals surface area contributed by atoms with Crippen LogP contribution in [0.4, 0.5) is 0 Å². The van der Waals surface area contributed by atoms with Crippen LogP contribution in [0.15, 0.2) is 18.6 Å². The van der Waals surface area contributed by atoms with Gasteiger partial charge in [0, 0.05) is 25.0 Å². The van der Waals surface area contributed by atoms with Crippen molar-refractivity contribution in [3.63, 3.8) is 0 Å². The maximum absolute atomic E-state index is 5.88. The van der Waals surface area contributed by atoms with Gasteiger partial charge >= 0.3 is 0 Å². The van der Waals surface area contributed by atoms with E-state index in [0.717, 1.165) is 18.8 Å². The van der Waals surface area contributed by atoms with Gasteiger partial charge in [-0.1, -0.05) is 0 Å². The summed E-state index contributed by atoms with van der Waals surface area (Å²) in [5.41, 5.74) is 6.92. The fourth-order valence-corrected chi connectivity index (χ4v) is 2.93. The first-order valence-corrected chi connectivity index (χ1v) is 6.85. The molecule has 88 valence electrons. The average Bonchev–Trinajstić information content (AvgIpc) is 2.61. The van der Waals surface area contributed by atoms with Crippen LogP contribution in [0, 0.1) is 0 Å². The molecule has 1 saturated heterocycles. The van der Waals surface area contributed by atoms with E-state index in [1.165, 1.54) is 17.9 Å². The molecule has 4 nitrogen and oxygen atoms in total. The van der Waals surface area contributed by atoms with Crippen molar-refractivity contribution >= 4 is 11.8 Å². The highest BCUT2D eigenvalue weighted by atomic mass is 32.2. The Morgan fingerprint density at radius 3 is 3.12 bits per heavy atom. The second-order valence-corrected chi connectivity index (χ2v) is 5.11. The second kappa shape index (κ2) is 6.18. The van der Waals surface area contributed by atoms with Crippen molar-refractivity contribution < 1.29 is 0 Å². The van der Waals surface area contributed by atoms with E-state index < -0.39 is 0 Å². The molecule has 1 aliphatic rings. The first-order chi connectivity index (χ1) is 7.92. The quantitative estimate of drug-likeness (QED) is 0.848. The SMILES string of the molecule is NCC(c1ccncn1)N1CCCSCC1. The molecule has 2 heterocycles. The van der Waals surface area contributed by atoms with Crippen molar-refractivity contribution in [2.75, 3.05) is 31.1 Å². The highest BCUT2D eigenvalue weighted by Gasteiger charge is 2.20. The van der Waals surface area contributed by atoms with E-state index in [1.807, 2.05) is 17.8 Å². The minimum Gasteiger partial charge on any atom is -0.329 e. The van der Waals surface area contributed by atoms with Crippen molar-refractivity contribution in [3.05, 3.63) is 24.3 Å². The third-order valence-electron chi connectivity index (χ3n) is 2.87. The molecule has 16 heavy (non-hydrogen) atoms. The molecule has 0 bridgehead atoms. The van der Waals surface area contributed by atoms with E-state index in [2.05, 4.69) is 14.9 Å². The van der Waals surface area contributed by atoms with Crippen LogP contribution in [0.5, 0.6) is 0 Å². The van der Waals surface area contributed by atoms with Crippen molar-refractivity contribution in [1.82, 2.24) is 14.9 Å². The molecule has 2 rings (SSSR count). The van der Waals surface area contributed by atoms with Crippen LogP contribution in [0.3, 0.4) is 0 Å². The maximum atomic E-state index is 5.88. The fraction of sp³-hybridized carbons (Fsp3) is 0.636. The summed E-state index contributed by atoms with van der Waals surface area (Å²) in [6.07, 6.45) is 4.63. The van der Waals surface area contributed by atoms with Crippen molar-refractivity contribution in [3.8, 4) is 0 Å². The smallest absolute Gasteiger partial charge is 0.115 e. The molecule has 0 spiro atoms. The lowest BCUT2D eigenvalue weighted by Crippen LogP contribution is -2.35. The molecule has 0 saturated carbocycles. The zero-order valence-corrected chi connectivity index (χ0v) is 10.2. The molecule has 0 aromatic carbocycles. The number of hydrogen-bond donors (Lipinski definition) is 1. The summed E-state index contributed by atoms with van der Waals surface area (Å²) in [7, 11) is 0. The molecule has 2 N–H and O–H groups in total. The molecule has 1 unspecified atom stereocenters.